The second-order valence-electron chi connectivity index (χ2n) is 4.73. The van der Waals surface area contributed by atoms with Crippen molar-refractivity contribution in [1.82, 2.24) is 20.0 Å². The van der Waals surface area contributed by atoms with Crippen LogP contribution in [0.5, 0.6) is 11.5 Å². The molecule has 2 aromatic heterocycles. The minimum atomic E-state index is -0.216. The summed E-state index contributed by atoms with van der Waals surface area (Å²) >= 11 is 1.36. The summed E-state index contributed by atoms with van der Waals surface area (Å²) in [5.41, 5.74) is 0.614. The highest BCUT2D eigenvalue weighted by atomic mass is 32.1. The largest absolute Gasteiger partial charge is 0.493 e. The zero-order chi connectivity index (χ0) is 16.8. The van der Waals surface area contributed by atoms with E-state index in [1.165, 1.54) is 16.0 Å². The third kappa shape index (κ3) is 4.07. The normalized spacial score (nSPS) is 10.4. The van der Waals surface area contributed by atoms with E-state index in [4.69, 9.17) is 9.47 Å². The van der Waals surface area contributed by atoms with Crippen LogP contribution in [-0.2, 0) is 17.9 Å². The molecule has 1 N–H and O–H groups in total. The molecule has 0 saturated carbocycles. The average molecular weight is 345 g/mol. The molecule has 0 fully saturated rings. The van der Waals surface area contributed by atoms with Crippen molar-refractivity contribution in [2.24, 2.45) is 0 Å². The molecule has 1 aromatic carbocycles. The molecule has 0 aliphatic heterocycles. The van der Waals surface area contributed by atoms with Crippen LogP contribution in [0.3, 0.4) is 0 Å². The quantitative estimate of drug-likeness (QED) is 0.704. The molecule has 124 valence electrons. The smallest absolute Gasteiger partial charge is 0.247 e. The van der Waals surface area contributed by atoms with E-state index in [1.54, 1.807) is 24.9 Å². The summed E-state index contributed by atoms with van der Waals surface area (Å²) in [4.78, 5) is 15.9. The van der Waals surface area contributed by atoms with Gasteiger partial charge in [0.15, 0.2) is 16.6 Å². The Morgan fingerprint density at radius 2 is 2.17 bits per heavy atom. The number of ether oxygens (including phenoxy) is 2. The Bertz CT molecular complexity index is 803. The van der Waals surface area contributed by atoms with Crippen molar-refractivity contribution in [2.45, 2.75) is 13.2 Å². The van der Waals surface area contributed by atoms with Gasteiger partial charge >= 0.3 is 0 Å². The summed E-state index contributed by atoms with van der Waals surface area (Å²) in [7, 11) is 1.58. The molecule has 0 unspecified atom stereocenters. The maximum Gasteiger partial charge on any atom is 0.247 e. The van der Waals surface area contributed by atoms with Crippen LogP contribution in [0.1, 0.15) is 5.69 Å². The van der Waals surface area contributed by atoms with Gasteiger partial charge in [0.05, 0.1) is 13.3 Å². The molecule has 0 aliphatic rings. The van der Waals surface area contributed by atoms with Gasteiger partial charge in [-0.2, -0.15) is 0 Å². The van der Waals surface area contributed by atoms with Gasteiger partial charge in [0.25, 0.3) is 0 Å². The number of aromatic nitrogens is 4. The van der Waals surface area contributed by atoms with Crippen LogP contribution in [0.25, 0.3) is 0 Å². The van der Waals surface area contributed by atoms with Crippen molar-refractivity contribution in [1.29, 1.82) is 0 Å². The van der Waals surface area contributed by atoms with E-state index >= 15 is 0 Å². The molecule has 0 radical (unpaired) electrons. The zero-order valence-electron chi connectivity index (χ0n) is 12.9. The number of rotatable bonds is 7. The first-order valence-electron chi connectivity index (χ1n) is 7.09. The summed E-state index contributed by atoms with van der Waals surface area (Å²) in [5.74, 6) is 1.05. The fourth-order valence-electron chi connectivity index (χ4n) is 1.96. The number of carbonyl (C=O) groups is 1. The van der Waals surface area contributed by atoms with Crippen LogP contribution in [0.4, 0.5) is 5.13 Å². The second-order valence-corrected chi connectivity index (χ2v) is 5.63. The number of methoxy groups -OCH3 is 1. The van der Waals surface area contributed by atoms with Crippen molar-refractivity contribution in [3.8, 4) is 11.5 Å². The van der Waals surface area contributed by atoms with Gasteiger partial charge in [-0.3, -0.25) is 4.79 Å². The summed E-state index contributed by atoms with van der Waals surface area (Å²) in [6, 6.07) is 7.35. The summed E-state index contributed by atoms with van der Waals surface area (Å²) in [6.07, 6.45) is 3.29. The van der Waals surface area contributed by atoms with E-state index in [-0.39, 0.29) is 19.1 Å². The van der Waals surface area contributed by atoms with E-state index in [0.29, 0.717) is 22.3 Å². The number of anilines is 1. The van der Waals surface area contributed by atoms with E-state index in [1.807, 2.05) is 24.3 Å². The third-order valence-electron chi connectivity index (χ3n) is 3.02. The van der Waals surface area contributed by atoms with Gasteiger partial charge < -0.3 is 14.8 Å². The van der Waals surface area contributed by atoms with Crippen molar-refractivity contribution >= 4 is 22.4 Å². The number of nitrogens with one attached hydrogen (secondary N) is 1. The van der Waals surface area contributed by atoms with Crippen LogP contribution in [0.15, 0.2) is 42.0 Å². The van der Waals surface area contributed by atoms with E-state index < -0.39 is 0 Å². The minimum absolute atomic E-state index is 0.0568. The first-order valence-corrected chi connectivity index (χ1v) is 7.97. The van der Waals surface area contributed by atoms with E-state index in [0.717, 1.165) is 0 Å². The highest BCUT2D eigenvalue weighted by molar-refractivity contribution is 7.13. The molecule has 2 heterocycles. The number of hydrogen-bond acceptors (Lipinski definition) is 7. The standard InChI is InChI=1S/C15H15N5O3S/c1-22-12-4-2-3-5-13(12)23-10-11-8-20(19-18-11)9-14(21)17-15-16-6-7-24-15/h2-8H,9-10H2,1H3,(H,16,17,21). The van der Waals surface area contributed by atoms with Gasteiger partial charge in [-0.05, 0) is 12.1 Å². The maximum absolute atomic E-state index is 11.9. The lowest BCUT2D eigenvalue weighted by molar-refractivity contribution is -0.116. The summed E-state index contributed by atoms with van der Waals surface area (Å²) in [5, 5.41) is 12.9. The second kappa shape index (κ2) is 7.55. The number of amides is 1. The zero-order valence-corrected chi connectivity index (χ0v) is 13.7. The fourth-order valence-corrected chi connectivity index (χ4v) is 2.51. The van der Waals surface area contributed by atoms with Crippen LogP contribution in [0.2, 0.25) is 0 Å². The van der Waals surface area contributed by atoms with Gasteiger partial charge in [0.2, 0.25) is 5.91 Å². The Hall–Kier alpha value is -2.94. The molecule has 24 heavy (non-hydrogen) atoms. The molecule has 0 saturated heterocycles. The highest BCUT2D eigenvalue weighted by Gasteiger charge is 2.09. The molecule has 9 heteroatoms. The molecule has 3 rings (SSSR count). The first kappa shape index (κ1) is 15.9. The minimum Gasteiger partial charge on any atom is -0.493 e. The lowest BCUT2D eigenvalue weighted by atomic mass is 10.3. The molecule has 0 bridgehead atoms. The van der Waals surface area contributed by atoms with Crippen LogP contribution < -0.4 is 14.8 Å². The van der Waals surface area contributed by atoms with Crippen molar-refractivity contribution in [3.63, 3.8) is 0 Å². The summed E-state index contributed by atoms with van der Waals surface area (Å²) in [6.45, 7) is 0.287. The molecular formula is C15H15N5O3S. The molecule has 1 amide bonds. The van der Waals surface area contributed by atoms with Crippen molar-refractivity contribution in [3.05, 3.63) is 47.7 Å². The SMILES string of the molecule is COc1ccccc1OCc1cn(CC(=O)Nc2nccs2)nn1. The van der Waals surface area contributed by atoms with Gasteiger partial charge in [-0.1, -0.05) is 17.3 Å². The van der Waals surface area contributed by atoms with E-state index in [9.17, 15) is 4.79 Å². The predicted molar refractivity (Wildman–Crippen MR) is 88.1 cm³/mol. The van der Waals surface area contributed by atoms with Gasteiger partial charge in [0.1, 0.15) is 18.8 Å². The Kier molecular flexibility index (Phi) is 5.02. The van der Waals surface area contributed by atoms with E-state index in [2.05, 4.69) is 20.6 Å². The van der Waals surface area contributed by atoms with Crippen molar-refractivity contribution in [2.75, 3.05) is 12.4 Å². The number of nitrogens with zero attached hydrogens (tertiary/aromatic N) is 4. The summed E-state index contributed by atoms with van der Waals surface area (Å²) < 4.78 is 12.3. The fraction of sp³-hybridized carbons (Fsp3) is 0.200. The topological polar surface area (TPSA) is 91.2 Å². The molecule has 0 spiro atoms. The lowest BCUT2D eigenvalue weighted by Crippen LogP contribution is -2.19. The van der Waals surface area contributed by atoms with Crippen molar-refractivity contribution < 1.29 is 14.3 Å². The van der Waals surface area contributed by atoms with Gasteiger partial charge in [0, 0.05) is 11.6 Å². The van der Waals surface area contributed by atoms with Crippen LogP contribution in [0, 0.1) is 0 Å². The average Bonchev–Trinajstić information content (AvgIpc) is 3.25. The molecular weight excluding hydrogens is 330 g/mol. The Morgan fingerprint density at radius 3 is 2.92 bits per heavy atom. The Labute approximate surface area is 142 Å². The number of para-hydroxylation sites is 2. The highest BCUT2D eigenvalue weighted by Crippen LogP contribution is 2.26. The van der Waals surface area contributed by atoms with Gasteiger partial charge in [-0.15, -0.1) is 16.4 Å². The Balaban J connectivity index is 1.54. The third-order valence-corrected chi connectivity index (χ3v) is 3.70. The molecule has 3 aromatic rings. The predicted octanol–water partition coefficient (Wildman–Crippen LogP) is 1.96. The maximum atomic E-state index is 11.9. The monoisotopic (exact) mass is 345 g/mol. The molecule has 8 nitrogen and oxygen atoms in total. The number of hydrogen-bond donors (Lipinski definition) is 1. The molecule has 0 atom stereocenters. The lowest BCUT2D eigenvalue weighted by Gasteiger charge is -2.08. The number of benzene rings is 1. The first-order chi connectivity index (χ1) is 11.7. The van der Waals surface area contributed by atoms with Gasteiger partial charge in [-0.25, -0.2) is 9.67 Å². The number of carbonyl (C=O) groups excluding carboxylic acids is 1. The van der Waals surface area contributed by atoms with Crippen LogP contribution >= 0.6 is 11.3 Å². The number of thiazole rings is 1. The van der Waals surface area contributed by atoms with Crippen LogP contribution in [-0.4, -0.2) is 33.0 Å². The molecule has 0 aliphatic carbocycles. The Morgan fingerprint density at radius 1 is 1.33 bits per heavy atom.